The summed E-state index contributed by atoms with van der Waals surface area (Å²) in [6.07, 6.45) is 0.230. The van der Waals surface area contributed by atoms with Crippen LogP contribution in [0.4, 0.5) is 9.18 Å². The average molecular weight is 320 g/mol. The van der Waals surface area contributed by atoms with Gasteiger partial charge in [0.15, 0.2) is 0 Å². The second kappa shape index (κ2) is 5.33. The monoisotopic (exact) mass is 320 g/mol. The molecule has 3 atom stereocenters. The number of hydrogen-bond donors (Lipinski definition) is 1. The number of nitrogens with one attached hydrogen (secondary N) is 1. The first-order valence-corrected chi connectivity index (χ1v) is 7.51. The normalized spacial score (nSPS) is 30.6. The van der Waals surface area contributed by atoms with E-state index in [0.717, 1.165) is 4.90 Å². The Labute approximate surface area is 132 Å². The van der Waals surface area contributed by atoms with Gasteiger partial charge in [-0.15, -0.1) is 0 Å². The van der Waals surface area contributed by atoms with Gasteiger partial charge in [0, 0.05) is 6.42 Å². The van der Waals surface area contributed by atoms with Crippen molar-refractivity contribution in [3.63, 3.8) is 0 Å². The lowest BCUT2D eigenvalue weighted by Crippen LogP contribution is -2.46. The molecule has 3 rings (SSSR count). The van der Waals surface area contributed by atoms with Crippen LogP contribution in [0, 0.1) is 5.82 Å². The van der Waals surface area contributed by atoms with Crippen molar-refractivity contribution in [3.8, 4) is 0 Å². The molecule has 0 aliphatic carbocycles. The minimum atomic E-state index is -1.28. The Bertz CT molecular complexity index is 675. The van der Waals surface area contributed by atoms with Crippen molar-refractivity contribution in [2.45, 2.75) is 44.4 Å². The molecule has 0 saturated carbocycles. The maximum atomic E-state index is 13.1. The molecule has 2 saturated heterocycles. The van der Waals surface area contributed by atoms with Gasteiger partial charge in [0.2, 0.25) is 0 Å². The van der Waals surface area contributed by atoms with E-state index < -0.39 is 35.3 Å². The molecule has 7 heteroatoms. The van der Waals surface area contributed by atoms with E-state index in [9.17, 15) is 18.8 Å². The first-order chi connectivity index (χ1) is 10.9. The molecular formula is C16H17FN2O4. The number of ether oxygens (including phenoxy) is 1. The van der Waals surface area contributed by atoms with E-state index in [1.54, 1.807) is 13.8 Å². The molecule has 3 amide bonds. The minimum absolute atomic E-state index is 0.279. The van der Waals surface area contributed by atoms with Gasteiger partial charge in [0.25, 0.3) is 5.91 Å². The summed E-state index contributed by atoms with van der Waals surface area (Å²) in [5.74, 6) is -1.51. The first kappa shape index (κ1) is 15.5. The van der Waals surface area contributed by atoms with Crippen LogP contribution in [0.3, 0.4) is 0 Å². The molecule has 0 aromatic heterocycles. The zero-order valence-electron chi connectivity index (χ0n) is 12.8. The summed E-state index contributed by atoms with van der Waals surface area (Å²) in [5.41, 5.74) is -0.793. The number of carbonyl (C=O) groups is 3. The van der Waals surface area contributed by atoms with Gasteiger partial charge in [-0.1, -0.05) is 19.1 Å². The third kappa shape index (κ3) is 2.27. The van der Waals surface area contributed by atoms with E-state index in [-0.39, 0.29) is 18.9 Å². The van der Waals surface area contributed by atoms with Crippen molar-refractivity contribution in [3.05, 3.63) is 35.6 Å². The predicted molar refractivity (Wildman–Crippen MR) is 77.7 cm³/mol. The fourth-order valence-electron chi connectivity index (χ4n) is 3.20. The maximum Gasteiger partial charge on any atom is 0.329 e. The van der Waals surface area contributed by atoms with Gasteiger partial charge < -0.3 is 10.1 Å². The van der Waals surface area contributed by atoms with Crippen LogP contribution >= 0.6 is 0 Å². The van der Waals surface area contributed by atoms with E-state index in [2.05, 4.69) is 5.32 Å². The van der Waals surface area contributed by atoms with Crippen LogP contribution in [0.5, 0.6) is 0 Å². The molecule has 1 N–H and O–H groups in total. The molecule has 0 radical (unpaired) electrons. The summed E-state index contributed by atoms with van der Waals surface area (Å²) in [7, 11) is 0. The predicted octanol–water partition coefficient (Wildman–Crippen LogP) is 1.69. The Morgan fingerprint density at radius 3 is 2.48 bits per heavy atom. The highest BCUT2D eigenvalue weighted by Gasteiger charge is 2.56. The van der Waals surface area contributed by atoms with Crippen LogP contribution in [-0.2, 0) is 19.9 Å². The molecule has 1 aromatic rings. The van der Waals surface area contributed by atoms with Crippen LogP contribution in [0.15, 0.2) is 24.3 Å². The van der Waals surface area contributed by atoms with Crippen molar-refractivity contribution in [2.75, 3.05) is 0 Å². The maximum absolute atomic E-state index is 13.1. The van der Waals surface area contributed by atoms with Crippen molar-refractivity contribution < 1.29 is 23.5 Å². The molecular weight excluding hydrogens is 303 g/mol. The van der Waals surface area contributed by atoms with E-state index in [1.807, 2.05) is 0 Å². The Morgan fingerprint density at radius 1 is 1.30 bits per heavy atom. The number of urea groups is 1. The molecule has 0 spiro atoms. The Balaban J connectivity index is 1.98. The zero-order valence-corrected chi connectivity index (χ0v) is 12.8. The van der Waals surface area contributed by atoms with Crippen molar-refractivity contribution in [1.82, 2.24) is 10.2 Å². The van der Waals surface area contributed by atoms with Gasteiger partial charge in [-0.05, 0) is 31.0 Å². The topological polar surface area (TPSA) is 75.7 Å². The number of hydrogen-bond acceptors (Lipinski definition) is 4. The molecule has 122 valence electrons. The van der Waals surface area contributed by atoms with Gasteiger partial charge in [0.1, 0.15) is 23.5 Å². The second-order valence-electron chi connectivity index (χ2n) is 5.87. The Morgan fingerprint density at radius 2 is 1.96 bits per heavy atom. The van der Waals surface area contributed by atoms with Crippen LogP contribution in [-0.4, -0.2) is 35.0 Å². The van der Waals surface area contributed by atoms with Gasteiger partial charge in [0.05, 0.1) is 0 Å². The quantitative estimate of drug-likeness (QED) is 0.679. The lowest BCUT2D eigenvalue weighted by atomic mass is 9.87. The second-order valence-corrected chi connectivity index (χ2v) is 5.87. The Hall–Kier alpha value is -2.44. The summed E-state index contributed by atoms with van der Waals surface area (Å²) in [5, 5.41) is 2.67. The third-order valence-electron chi connectivity index (χ3n) is 4.45. The standard InChI is InChI=1S/C16H17FN2O4/c1-3-16(10-4-6-11(17)7-5-10)14(21)19(15(22)18-16)12-8-9(2)23-13(12)20/h4-7,9,12H,3,8H2,1-2H3,(H,18,22). The average Bonchev–Trinajstić information content (AvgIpc) is 2.96. The molecule has 23 heavy (non-hydrogen) atoms. The number of imide groups is 1. The number of benzene rings is 1. The van der Waals surface area contributed by atoms with Crippen LogP contribution in [0.1, 0.15) is 32.3 Å². The highest BCUT2D eigenvalue weighted by atomic mass is 19.1. The third-order valence-corrected chi connectivity index (χ3v) is 4.45. The van der Waals surface area contributed by atoms with Gasteiger partial charge >= 0.3 is 12.0 Å². The fourth-order valence-corrected chi connectivity index (χ4v) is 3.20. The molecule has 6 nitrogen and oxygen atoms in total. The lowest BCUT2D eigenvalue weighted by molar-refractivity contribution is -0.148. The van der Waals surface area contributed by atoms with E-state index in [1.165, 1.54) is 24.3 Å². The van der Waals surface area contributed by atoms with Crippen LogP contribution in [0.25, 0.3) is 0 Å². The Kier molecular flexibility index (Phi) is 3.58. The first-order valence-electron chi connectivity index (χ1n) is 7.51. The molecule has 2 aliphatic heterocycles. The number of esters is 1. The van der Waals surface area contributed by atoms with Gasteiger partial charge in [-0.25, -0.2) is 18.9 Å². The molecule has 1 aromatic carbocycles. The smallest absolute Gasteiger partial charge is 0.329 e. The van der Waals surface area contributed by atoms with Crippen LogP contribution < -0.4 is 5.32 Å². The molecule has 2 fully saturated rings. The summed E-state index contributed by atoms with van der Waals surface area (Å²) < 4.78 is 18.2. The largest absolute Gasteiger partial charge is 0.461 e. The molecule has 0 bridgehead atoms. The van der Waals surface area contributed by atoms with Gasteiger partial charge in [-0.3, -0.25) is 4.79 Å². The fraction of sp³-hybridized carbons (Fsp3) is 0.438. The number of cyclic esters (lactones) is 1. The number of amides is 3. The summed E-state index contributed by atoms with van der Waals surface area (Å²) in [6.45, 7) is 3.46. The summed E-state index contributed by atoms with van der Waals surface area (Å²) in [6, 6.07) is 3.87. The van der Waals surface area contributed by atoms with Crippen molar-refractivity contribution in [2.24, 2.45) is 0 Å². The van der Waals surface area contributed by atoms with E-state index in [0.29, 0.717) is 5.56 Å². The number of halogens is 1. The number of nitrogens with zero attached hydrogens (tertiary/aromatic N) is 1. The van der Waals surface area contributed by atoms with E-state index >= 15 is 0 Å². The number of rotatable bonds is 3. The molecule has 2 aliphatic rings. The lowest BCUT2D eigenvalue weighted by Gasteiger charge is -2.26. The minimum Gasteiger partial charge on any atom is -0.461 e. The van der Waals surface area contributed by atoms with Crippen LogP contribution in [0.2, 0.25) is 0 Å². The van der Waals surface area contributed by atoms with Gasteiger partial charge in [-0.2, -0.15) is 0 Å². The molecule has 3 unspecified atom stereocenters. The summed E-state index contributed by atoms with van der Waals surface area (Å²) >= 11 is 0. The highest BCUT2D eigenvalue weighted by molar-refractivity contribution is 6.10. The summed E-state index contributed by atoms with van der Waals surface area (Å²) in [4.78, 5) is 38.1. The number of carbonyl (C=O) groups excluding carboxylic acids is 3. The van der Waals surface area contributed by atoms with Crippen molar-refractivity contribution >= 4 is 17.9 Å². The molecule has 2 heterocycles. The SMILES string of the molecule is CCC1(c2ccc(F)cc2)NC(=O)N(C2CC(C)OC2=O)C1=O. The van der Waals surface area contributed by atoms with Crippen molar-refractivity contribution in [1.29, 1.82) is 0 Å². The zero-order chi connectivity index (χ0) is 16.8. The highest BCUT2D eigenvalue weighted by Crippen LogP contribution is 2.35. The van der Waals surface area contributed by atoms with E-state index in [4.69, 9.17) is 4.74 Å².